The van der Waals surface area contributed by atoms with Crippen LogP contribution in [0.4, 0.5) is 0 Å². The van der Waals surface area contributed by atoms with E-state index in [0.717, 1.165) is 12.8 Å². The molecule has 1 unspecified atom stereocenters. The zero-order valence-corrected chi connectivity index (χ0v) is 15.9. The van der Waals surface area contributed by atoms with E-state index in [1.165, 1.54) is 0 Å². The summed E-state index contributed by atoms with van der Waals surface area (Å²) in [6.45, 7) is 7.04. The third-order valence-electron chi connectivity index (χ3n) is 4.41. The molecule has 0 aromatic heterocycles. The SMILES string of the molecule is C#CCOCCCCC(C(=O)O)(c1ccc(OCC)c(Cl)c1)C(C)C. The third-order valence-corrected chi connectivity index (χ3v) is 4.70. The van der Waals surface area contributed by atoms with Crippen molar-refractivity contribution in [3.05, 3.63) is 28.8 Å². The lowest BCUT2D eigenvalue weighted by Crippen LogP contribution is -2.41. The Bertz CT molecular complexity index is 606. The number of unbranched alkanes of at least 4 members (excludes halogenated alkanes) is 1. The van der Waals surface area contributed by atoms with Crippen LogP contribution < -0.4 is 4.74 Å². The maximum Gasteiger partial charge on any atom is 0.314 e. The van der Waals surface area contributed by atoms with Gasteiger partial charge in [0.1, 0.15) is 12.4 Å². The zero-order chi connectivity index (χ0) is 18.9. The molecule has 0 fully saturated rings. The van der Waals surface area contributed by atoms with Crippen LogP contribution in [0.3, 0.4) is 0 Å². The number of carboxylic acid groups (broad SMARTS) is 1. The van der Waals surface area contributed by atoms with Gasteiger partial charge < -0.3 is 14.6 Å². The van der Waals surface area contributed by atoms with Gasteiger partial charge in [-0.15, -0.1) is 6.42 Å². The van der Waals surface area contributed by atoms with Crippen molar-refractivity contribution in [2.75, 3.05) is 19.8 Å². The van der Waals surface area contributed by atoms with Crippen LogP contribution in [0.15, 0.2) is 18.2 Å². The monoisotopic (exact) mass is 366 g/mol. The Labute approximate surface area is 155 Å². The first-order valence-corrected chi connectivity index (χ1v) is 8.95. The lowest BCUT2D eigenvalue weighted by atomic mass is 9.68. The van der Waals surface area contributed by atoms with Crippen LogP contribution in [-0.2, 0) is 14.9 Å². The second kappa shape index (κ2) is 10.3. The lowest BCUT2D eigenvalue weighted by molar-refractivity contribution is -0.146. The van der Waals surface area contributed by atoms with Gasteiger partial charge in [0.2, 0.25) is 0 Å². The number of hydrogen-bond donors (Lipinski definition) is 1. The molecule has 1 rings (SSSR count). The molecule has 0 bridgehead atoms. The summed E-state index contributed by atoms with van der Waals surface area (Å²) in [5, 5.41) is 10.5. The number of ether oxygens (including phenoxy) is 2. The van der Waals surface area contributed by atoms with Crippen LogP contribution >= 0.6 is 11.6 Å². The van der Waals surface area contributed by atoms with Gasteiger partial charge in [0.05, 0.1) is 17.0 Å². The van der Waals surface area contributed by atoms with Crippen molar-refractivity contribution >= 4 is 17.6 Å². The molecular weight excluding hydrogens is 340 g/mol. The molecular formula is C20H27ClO4. The summed E-state index contributed by atoms with van der Waals surface area (Å²) >= 11 is 6.29. The molecule has 5 heteroatoms. The fourth-order valence-electron chi connectivity index (χ4n) is 3.03. The minimum atomic E-state index is -1.000. The van der Waals surface area contributed by atoms with Crippen LogP contribution in [0.2, 0.25) is 5.02 Å². The Balaban J connectivity index is 3.02. The van der Waals surface area contributed by atoms with Crippen LogP contribution in [0.1, 0.15) is 45.6 Å². The Morgan fingerprint density at radius 1 is 1.40 bits per heavy atom. The van der Waals surface area contributed by atoms with Gasteiger partial charge in [-0.2, -0.15) is 0 Å². The first kappa shape index (κ1) is 21.3. The molecule has 25 heavy (non-hydrogen) atoms. The van der Waals surface area contributed by atoms with Crippen molar-refractivity contribution in [1.29, 1.82) is 0 Å². The van der Waals surface area contributed by atoms with Crippen LogP contribution in [0, 0.1) is 18.3 Å². The van der Waals surface area contributed by atoms with Gasteiger partial charge >= 0.3 is 5.97 Å². The summed E-state index contributed by atoms with van der Waals surface area (Å²) in [7, 11) is 0. The largest absolute Gasteiger partial charge is 0.492 e. The molecule has 0 saturated heterocycles. The summed E-state index contributed by atoms with van der Waals surface area (Å²) in [5.74, 6) is 2.05. The number of halogens is 1. The highest BCUT2D eigenvalue weighted by atomic mass is 35.5. The predicted molar refractivity (Wildman–Crippen MR) is 100 cm³/mol. The van der Waals surface area contributed by atoms with E-state index in [9.17, 15) is 9.90 Å². The zero-order valence-electron chi connectivity index (χ0n) is 15.2. The van der Waals surface area contributed by atoms with E-state index >= 15 is 0 Å². The van der Waals surface area contributed by atoms with Crippen molar-refractivity contribution in [3.63, 3.8) is 0 Å². The number of carbonyl (C=O) groups is 1. The number of rotatable bonds is 11. The second-order valence-corrected chi connectivity index (χ2v) is 6.63. The molecule has 1 atom stereocenters. The maximum absolute atomic E-state index is 12.2. The summed E-state index contributed by atoms with van der Waals surface area (Å²) in [6.07, 6.45) is 7.12. The summed E-state index contributed by atoms with van der Waals surface area (Å²) in [6, 6.07) is 5.27. The molecule has 0 aliphatic heterocycles. The minimum absolute atomic E-state index is 0.0920. The van der Waals surface area contributed by atoms with Gasteiger partial charge in [-0.25, -0.2) is 0 Å². The Hall–Kier alpha value is -1.70. The van der Waals surface area contributed by atoms with Crippen LogP contribution in [0.5, 0.6) is 5.75 Å². The molecule has 0 aliphatic rings. The van der Waals surface area contributed by atoms with Gasteiger partial charge in [-0.3, -0.25) is 4.79 Å². The number of aliphatic carboxylic acids is 1. The van der Waals surface area contributed by atoms with Gasteiger partial charge in [0.25, 0.3) is 0 Å². The summed E-state index contributed by atoms with van der Waals surface area (Å²) in [5.41, 5.74) is -0.298. The molecule has 0 aliphatic carbocycles. The quantitative estimate of drug-likeness (QED) is 0.461. The van der Waals surface area contributed by atoms with Crippen LogP contribution in [-0.4, -0.2) is 30.9 Å². The van der Waals surface area contributed by atoms with E-state index in [1.807, 2.05) is 20.8 Å². The molecule has 138 valence electrons. The smallest absolute Gasteiger partial charge is 0.314 e. The third kappa shape index (κ3) is 5.39. The first-order valence-electron chi connectivity index (χ1n) is 8.57. The van der Waals surface area contributed by atoms with E-state index in [0.29, 0.717) is 36.0 Å². The predicted octanol–water partition coefficient (Wildman–Crippen LogP) is 4.54. The Morgan fingerprint density at radius 3 is 2.64 bits per heavy atom. The summed E-state index contributed by atoms with van der Waals surface area (Å²) < 4.78 is 10.7. The lowest BCUT2D eigenvalue weighted by Gasteiger charge is -2.34. The first-order chi connectivity index (χ1) is 11.9. The molecule has 0 amide bonds. The fraction of sp³-hybridized carbons (Fsp3) is 0.550. The van der Waals surface area contributed by atoms with E-state index in [2.05, 4.69) is 5.92 Å². The second-order valence-electron chi connectivity index (χ2n) is 6.22. The van der Waals surface area contributed by atoms with Crippen molar-refractivity contribution in [2.45, 2.75) is 45.4 Å². The van der Waals surface area contributed by atoms with E-state index in [4.69, 9.17) is 27.5 Å². The molecule has 0 radical (unpaired) electrons. The van der Waals surface area contributed by atoms with Gasteiger partial charge in [-0.1, -0.05) is 37.4 Å². The van der Waals surface area contributed by atoms with Gasteiger partial charge in [0.15, 0.2) is 0 Å². The fourth-order valence-corrected chi connectivity index (χ4v) is 3.27. The standard InChI is InChI=1S/C20H27ClO4/c1-5-12-24-13-8-7-11-20(15(3)4,19(22)23)16-9-10-18(25-6-2)17(21)14-16/h1,9-10,14-15H,6-8,11-13H2,2-4H3,(H,22,23). The molecule has 1 aromatic carbocycles. The average Bonchev–Trinajstić information content (AvgIpc) is 2.56. The molecule has 0 heterocycles. The highest BCUT2D eigenvalue weighted by Crippen LogP contribution is 2.40. The van der Waals surface area contributed by atoms with Crippen molar-refractivity contribution in [3.8, 4) is 18.1 Å². The maximum atomic E-state index is 12.2. The molecule has 4 nitrogen and oxygen atoms in total. The molecule has 0 spiro atoms. The number of benzene rings is 1. The van der Waals surface area contributed by atoms with Gasteiger partial charge in [0, 0.05) is 6.61 Å². The number of terminal acetylenes is 1. The van der Waals surface area contributed by atoms with Crippen molar-refractivity contribution in [1.82, 2.24) is 0 Å². The summed E-state index contributed by atoms with van der Waals surface area (Å²) in [4.78, 5) is 12.2. The van der Waals surface area contributed by atoms with E-state index in [-0.39, 0.29) is 12.5 Å². The highest BCUT2D eigenvalue weighted by Gasteiger charge is 2.43. The van der Waals surface area contributed by atoms with E-state index in [1.54, 1.807) is 18.2 Å². The normalized spacial score (nSPS) is 13.3. The molecule has 1 N–H and O–H groups in total. The van der Waals surface area contributed by atoms with Crippen LogP contribution in [0.25, 0.3) is 0 Å². The van der Waals surface area contributed by atoms with Crippen molar-refractivity contribution < 1.29 is 19.4 Å². The Kier molecular flexibility index (Phi) is 8.82. The topological polar surface area (TPSA) is 55.8 Å². The van der Waals surface area contributed by atoms with Crippen molar-refractivity contribution in [2.24, 2.45) is 5.92 Å². The molecule has 1 aromatic rings. The number of hydrogen-bond acceptors (Lipinski definition) is 3. The molecule has 0 saturated carbocycles. The van der Waals surface area contributed by atoms with Gasteiger partial charge in [-0.05, 0) is 49.8 Å². The number of carboxylic acids is 1. The van der Waals surface area contributed by atoms with E-state index < -0.39 is 11.4 Å². The average molecular weight is 367 g/mol. The Morgan fingerprint density at radius 2 is 2.12 bits per heavy atom. The highest BCUT2D eigenvalue weighted by molar-refractivity contribution is 6.32. The minimum Gasteiger partial charge on any atom is -0.492 e.